The minimum atomic E-state index is -4.24. The second kappa shape index (κ2) is 5.74. The van der Waals surface area contributed by atoms with Crippen LogP contribution in [-0.2, 0) is 12.6 Å². The van der Waals surface area contributed by atoms with Crippen molar-refractivity contribution in [3.05, 3.63) is 35.4 Å². The number of halogens is 3. The summed E-state index contributed by atoms with van der Waals surface area (Å²) in [6, 6.07) is 5.43. The van der Waals surface area contributed by atoms with Gasteiger partial charge in [-0.25, -0.2) is 0 Å². The minimum Gasteiger partial charge on any atom is -0.316 e. The van der Waals surface area contributed by atoms with Gasteiger partial charge in [-0.1, -0.05) is 18.6 Å². The van der Waals surface area contributed by atoms with Crippen molar-refractivity contribution in [3.8, 4) is 0 Å². The highest BCUT2D eigenvalue weighted by molar-refractivity contribution is 5.24. The third kappa shape index (κ3) is 3.73. The first-order valence-electron chi connectivity index (χ1n) is 6.42. The second-order valence-corrected chi connectivity index (χ2v) is 4.95. The highest BCUT2D eigenvalue weighted by Crippen LogP contribution is 2.29. The molecule has 0 atom stereocenters. The Morgan fingerprint density at radius 2 is 1.78 bits per heavy atom. The van der Waals surface area contributed by atoms with Crippen LogP contribution in [0.1, 0.15) is 30.4 Å². The Morgan fingerprint density at radius 3 is 2.28 bits per heavy atom. The fraction of sp³-hybridized carbons (Fsp3) is 0.571. The lowest BCUT2D eigenvalue weighted by Crippen LogP contribution is -2.28. The molecule has 2 rings (SSSR count). The standard InChI is InChI=1S/C14H18F3N/c15-14(16,17)13-6-4-11(5-7-13)8-9-18-10-12-2-1-3-12/h4-7,12,18H,1-3,8-10H2. The molecule has 18 heavy (non-hydrogen) atoms. The molecule has 0 aromatic heterocycles. The topological polar surface area (TPSA) is 12.0 Å². The van der Waals surface area contributed by atoms with Crippen molar-refractivity contribution in [1.29, 1.82) is 0 Å². The number of benzene rings is 1. The van der Waals surface area contributed by atoms with Crippen LogP contribution in [-0.4, -0.2) is 13.1 Å². The summed E-state index contributed by atoms with van der Waals surface area (Å²) >= 11 is 0. The van der Waals surface area contributed by atoms with E-state index in [-0.39, 0.29) is 0 Å². The molecule has 1 fully saturated rings. The van der Waals surface area contributed by atoms with Gasteiger partial charge in [-0.2, -0.15) is 13.2 Å². The van der Waals surface area contributed by atoms with E-state index in [1.165, 1.54) is 19.3 Å². The summed E-state index contributed by atoms with van der Waals surface area (Å²) in [5, 5.41) is 3.36. The molecule has 1 N–H and O–H groups in total. The van der Waals surface area contributed by atoms with Crippen molar-refractivity contribution >= 4 is 0 Å². The van der Waals surface area contributed by atoms with E-state index in [1.54, 1.807) is 12.1 Å². The Bertz CT molecular complexity index is 366. The number of rotatable bonds is 5. The van der Waals surface area contributed by atoms with Crippen molar-refractivity contribution in [2.75, 3.05) is 13.1 Å². The molecule has 0 amide bonds. The van der Waals surface area contributed by atoms with Gasteiger partial charge in [-0.15, -0.1) is 0 Å². The van der Waals surface area contributed by atoms with Crippen LogP contribution >= 0.6 is 0 Å². The van der Waals surface area contributed by atoms with E-state index >= 15 is 0 Å². The van der Waals surface area contributed by atoms with Gasteiger partial charge in [0.25, 0.3) is 0 Å². The van der Waals surface area contributed by atoms with Gasteiger partial charge < -0.3 is 5.32 Å². The Morgan fingerprint density at radius 1 is 1.11 bits per heavy atom. The van der Waals surface area contributed by atoms with Crippen LogP contribution in [0, 0.1) is 5.92 Å². The van der Waals surface area contributed by atoms with E-state index in [1.807, 2.05) is 0 Å². The third-order valence-electron chi connectivity index (χ3n) is 3.53. The maximum absolute atomic E-state index is 12.3. The van der Waals surface area contributed by atoms with Crippen molar-refractivity contribution in [1.82, 2.24) is 5.32 Å². The maximum Gasteiger partial charge on any atom is 0.416 e. The van der Waals surface area contributed by atoms with Crippen LogP contribution in [0.15, 0.2) is 24.3 Å². The summed E-state index contributed by atoms with van der Waals surface area (Å²) in [5.74, 6) is 0.817. The largest absolute Gasteiger partial charge is 0.416 e. The van der Waals surface area contributed by atoms with E-state index in [9.17, 15) is 13.2 Å². The zero-order valence-electron chi connectivity index (χ0n) is 10.3. The average molecular weight is 257 g/mol. The Hall–Kier alpha value is -1.03. The van der Waals surface area contributed by atoms with Gasteiger partial charge in [0.1, 0.15) is 0 Å². The van der Waals surface area contributed by atoms with Gasteiger partial charge in [0, 0.05) is 0 Å². The van der Waals surface area contributed by atoms with E-state index in [4.69, 9.17) is 0 Å². The molecule has 1 aliphatic carbocycles. The number of hydrogen-bond donors (Lipinski definition) is 1. The van der Waals surface area contributed by atoms with Gasteiger partial charge in [-0.05, 0) is 56.0 Å². The molecular formula is C14H18F3N. The van der Waals surface area contributed by atoms with E-state index in [0.717, 1.165) is 43.1 Å². The first-order valence-corrected chi connectivity index (χ1v) is 6.42. The number of alkyl halides is 3. The zero-order valence-corrected chi connectivity index (χ0v) is 10.3. The molecule has 0 heterocycles. The van der Waals surface area contributed by atoms with Crippen molar-refractivity contribution < 1.29 is 13.2 Å². The predicted molar refractivity (Wildman–Crippen MR) is 65.4 cm³/mol. The first-order chi connectivity index (χ1) is 8.55. The molecule has 0 spiro atoms. The summed E-state index contributed by atoms with van der Waals surface area (Å²) in [6.45, 7) is 1.88. The van der Waals surface area contributed by atoms with E-state index in [0.29, 0.717) is 0 Å². The predicted octanol–water partition coefficient (Wildman–Crippen LogP) is 3.64. The SMILES string of the molecule is FC(F)(F)c1ccc(CCNCC2CCC2)cc1. The van der Waals surface area contributed by atoms with Crippen molar-refractivity contribution in [3.63, 3.8) is 0 Å². The summed E-state index contributed by atoms with van der Waals surface area (Å²) < 4.78 is 37.0. The fourth-order valence-electron chi connectivity index (χ4n) is 2.10. The molecular weight excluding hydrogens is 239 g/mol. The highest BCUT2D eigenvalue weighted by Gasteiger charge is 2.29. The average Bonchev–Trinajstić information content (AvgIpc) is 2.26. The minimum absolute atomic E-state index is 0.575. The molecule has 0 bridgehead atoms. The molecule has 1 aromatic carbocycles. The van der Waals surface area contributed by atoms with Crippen LogP contribution in [0.5, 0.6) is 0 Å². The van der Waals surface area contributed by atoms with Gasteiger partial charge >= 0.3 is 6.18 Å². The lowest BCUT2D eigenvalue weighted by Gasteiger charge is -2.25. The molecule has 0 unspecified atom stereocenters. The normalized spacial score (nSPS) is 16.6. The van der Waals surface area contributed by atoms with Gasteiger partial charge in [0.05, 0.1) is 5.56 Å². The molecule has 0 radical (unpaired) electrons. The van der Waals surface area contributed by atoms with Crippen LogP contribution in [0.25, 0.3) is 0 Å². The van der Waals surface area contributed by atoms with Gasteiger partial charge in [-0.3, -0.25) is 0 Å². The smallest absolute Gasteiger partial charge is 0.316 e. The molecule has 4 heteroatoms. The van der Waals surface area contributed by atoms with Crippen LogP contribution < -0.4 is 5.32 Å². The first kappa shape index (κ1) is 13.4. The lowest BCUT2D eigenvalue weighted by molar-refractivity contribution is -0.137. The lowest BCUT2D eigenvalue weighted by atomic mass is 9.85. The second-order valence-electron chi connectivity index (χ2n) is 4.95. The van der Waals surface area contributed by atoms with Crippen LogP contribution in [0.2, 0.25) is 0 Å². The monoisotopic (exact) mass is 257 g/mol. The summed E-state index contributed by atoms with van der Waals surface area (Å²) in [4.78, 5) is 0. The van der Waals surface area contributed by atoms with Gasteiger partial charge in [0.2, 0.25) is 0 Å². The summed E-state index contributed by atoms with van der Waals surface area (Å²) in [6.07, 6.45) is 0.512. The van der Waals surface area contributed by atoms with Crippen LogP contribution in [0.3, 0.4) is 0 Å². The molecule has 0 aliphatic heterocycles. The molecule has 0 saturated heterocycles. The van der Waals surface area contributed by atoms with Crippen molar-refractivity contribution in [2.24, 2.45) is 5.92 Å². The molecule has 1 saturated carbocycles. The number of nitrogens with one attached hydrogen (secondary N) is 1. The van der Waals surface area contributed by atoms with Gasteiger partial charge in [0.15, 0.2) is 0 Å². The summed E-state index contributed by atoms with van der Waals surface area (Å²) in [7, 11) is 0. The van der Waals surface area contributed by atoms with Crippen molar-refractivity contribution in [2.45, 2.75) is 31.9 Å². The maximum atomic E-state index is 12.3. The Balaban J connectivity index is 1.72. The molecule has 1 aromatic rings. The number of hydrogen-bond acceptors (Lipinski definition) is 1. The molecule has 100 valence electrons. The fourth-order valence-corrected chi connectivity index (χ4v) is 2.10. The molecule has 1 aliphatic rings. The van der Waals surface area contributed by atoms with E-state index < -0.39 is 11.7 Å². The summed E-state index contributed by atoms with van der Waals surface area (Å²) in [5.41, 5.74) is 0.373. The Kier molecular flexibility index (Phi) is 4.27. The third-order valence-corrected chi connectivity index (χ3v) is 3.53. The van der Waals surface area contributed by atoms with E-state index in [2.05, 4.69) is 5.32 Å². The van der Waals surface area contributed by atoms with Crippen LogP contribution in [0.4, 0.5) is 13.2 Å². The zero-order chi connectivity index (χ0) is 13.0. The quantitative estimate of drug-likeness (QED) is 0.794. The highest BCUT2D eigenvalue weighted by atomic mass is 19.4. The Labute approximate surface area is 105 Å². The molecule has 1 nitrogen and oxygen atoms in total.